The maximum atomic E-state index is 5.86. The topological polar surface area (TPSA) is 109 Å². The van der Waals surface area contributed by atoms with E-state index in [4.69, 9.17) is 9.26 Å². The highest BCUT2D eigenvalue weighted by Crippen LogP contribution is 2.30. The standard InChI is InChI=1S/C16H18N8O2/c1-16(2,3)10-7-13(25-8-12-17-9-18-23(12)4)21-24-14(10)19-20-15(24)11-5-6-26-22-11/h5-7,9H,8H2,1-4H3. The van der Waals surface area contributed by atoms with Crippen molar-refractivity contribution in [1.29, 1.82) is 0 Å². The van der Waals surface area contributed by atoms with Crippen LogP contribution in [0.15, 0.2) is 29.2 Å². The molecule has 4 heterocycles. The first-order valence-electron chi connectivity index (χ1n) is 8.07. The quantitative estimate of drug-likeness (QED) is 0.545. The van der Waals surface area contributed by atoms with E-state index in [0.717, 1.165) is 5.56 Å². The third-order valence-corrected chi connectivity index (χ3v) is 3.98. The Morgan fingerprint density at radius 2 is 2.08 bits per heavy atom. The molecular formula is C16H18N8O2. The van der Waals surface area contributed by atoms with Gasteiger partial charge in [-0.25, -0.2) is 4.98 Å². The lowest BCUT2D eigenvalue weighted by atomic mass is 9.88. The van der Waals surface area contributed by atoms with Gasteiger partial charge in [-0.15, -0.1) is 15.3 Å². The molecule has 4 aromatic heterocycles. The number of ether oxygens (including phenoxy) is 1. The van der Waals surface area contributed by atoms with Gasteiger partial charge in [0.25, 0.3) is 0 Å². The Morgan fingerprint density at radius 1 is 1.23 bits per heavy atom. The molecule has 0 aliphatic carbocycles. The van der Waals surface area contributed by atoms with E-state index in [1.807, 2.05) is 13.1 Å². The van der Waals surface area contributed by atoms with E-state index < -0.39 is 0 Å². The molecular weight excluding hydrogens is 336 g/mol. The van der Waals surface area contributed by atoms with Crippen LogP contribution in [-0.2, 0) is 19.1 Å². The first-order chi connectivity index (χ1) is 12.4. The van der Waals surface area contributed by atoms with Crippen molar-refractivity contribution in [3.63, 3.8) is 0 Å². The maximum Gasteiger partial charge on any atom is 0.232 e. The molecule has 26 heavy (non-hydrogen) atoms. The second-order valence-corrected chi connectivity index (χ2v) is 6.88. The Hall–Kier alpha value is -3.30. The lowest BCUT2D eigenvalue weighted by molar-refractivity contribution is 0.273. The SMILES string of the molecule is Cn1ncnc1COc1cc(C(C)(C)C)c2nnc(-c3ccon3)n2n1. The fraction of sp³-hybridized carbons (Fsp3) is 0.375. The van der Waals surface area contributed by atoms with Crippen LogP contribution in [0.5, 0.6) is 5.88 Å². The molecule has 0 aliphatic heterocycles. The van der Waals surface area contributed by atoms with Gasteiger partial charge in [0.2, 0.25) is 11.7 Å². The first kappa shape index (κ1) is 16.2. The minimum Gasteiger partial charge on any atom is -0.468 e. The summed E-state index contributed by atoms with van der Waals surface area (Å²) in [7, 11) is 1.81. The van der Waals surface area contributed by atoms with Gasteiger partial charge in [-0.1, -0.05) is 25.9 Å². The van der Waals surface area contributed by atoms with Crippen molar-refractivity contribution in [2.24, 2.45) is 7.05 Å². The highest BCUT2D eigenvalue weighted by atomic mass is 16.5. The molecule has 134 valence electrons. The van der Waals surface area contributed by atoms with Gasteiger partial charge in [-0.05, 0) is 5.41 Å². The molecule has 0 saturated carbocycles. The average molecular weight is 354 g/mol. The Labute approximate surface area is 148 Å². The second-order valence-electron chi connectivity index (χ2n) is 6.88. The molecule has 0 spiro atoms. The summed E-state index contributed by atoms with van der Waals surface area (Å²) < 4.78 is 14.1. The van der Waals surface area contributed by atoms with Crippen LogP contribution in [0, 0.1) is 0 Å². The number of aromatic nitrogens is 8. The van der Waals surface area contributed by atoms with Crippen LogP contribution in [0.2, 0.25) is 0 Å². The Bertz CT molecular complexity index is 1040. The summed E-state index contributed by atoms with van der Waals surface area (Å²) in [6.45, 7) is 6.54. The highest BCUT2D eigenvalue weighted by molar-refractivity contribution is 5.59. The number of rotatable bonds is 4. The summed E-state index contributed by atoms with van der Waals surface area (Å²) >= 11 is 0. The molecule has 4 aromatic rings. The third kappa shape index (κ3) is 2.79. The largest absolute Gasteiger partial charge is 0.468 e. The minimum absolute atomic E-state index is 0.179. The zero-order chi connectivity index (χ0) is 18.3. The van der Waals surface area contributed by atoms with Crippen LogP contribution in [0.4, 0.5) is 0 Å². The highest BCUT2D eigenvalue weighted by Gasteiger charge is 2.24. The van der Waals surface area contributed by atoms with Gasteiger partial charge in [0.05, 0.1) is 0 Å². The molecule has 0 bridgehead atoms. The van der Waals surface area contributed by atoms with Crippen LogP contribution < -0.4 is 4.74 Å². The summed E-state index contributed by atoms with van der Waals surface area (Å²) in [5, 5.41) is 21.0. The predicted molar refractivity (Wildman–Crippen MR) is 90.3 cm³/mol. The van der Waals surface area contributed by atoms with Gasteiger partial charge < -0.3 is 9.26 Å². The lowest BCUT2D eigenvalue weighted by Gasteiger charge is -2.20. The summed E-state index contributed by atoms with van der Waals surface area (Å²) in [6.07, 6.45) is 2.97. The fourth-order valence-corrected chi connectivity index (χ4v) is 2.56. The number of fused-ring (bicyclic) bond motifs is 1. The van der Waals surface area contributed by atoms with E-state index in [-0.39, 0.29) is 12.0 Å². The smallest absolute Gasteiger partial charge is 0.232 e. The Morgan fingerprint density at radius 3 is 2.73 bits per heavy atom. The van der Waals surface area contributed by atoms with Gasteiger partial charge in [0.15, 0.2) is 17.2 Å². The van der Waals surface area contributed by atoms with Crippen molar-refractivity contribution in [3.8, 4) is 17.4 Å². The normalized spacial score (nSPS) is 12.0. The molecule has 0 N–H and O–H groups in total. The van der Waals surface area contributed by atoms with E-state index >= 15 is 0 Å². The molecule has 0 fully saturated rings. The Balaban J connectivity index is 1.80. The Kier molecular flexibility index (Phi) is 3.67. The van der Waals surface area contributed by atoms with E-state index in [2.05, 4.69) is 51.3 Å². The van der Waals surface area contributed by atoms with Gasteiger partial charge in [0, 0.05) is 24.7 Å². The molecule has 0 saturated heterocycles. The van der Waals surface area contributed by atoms with Crippen molar-refractivity contribution in [1.82, 2.24) is 39.7 Å². The average Bonchev–Trinajstić information content (AvgIpc) is 3.31. The molecule has 10 nitrogen and oxygen atoms in total. The molecule has 4 rings (SSSR count). The summed E-state index contributed by atoms with van der Waals surface area (Å²) in [5.74, 6) is 1.63. The molecule has 0 aromatic carbocycles. The summed E-state index contributed by atoms with van der Waals surface area (Å²) in [5.41, 5.74) is 1.99. The summed E-state index contributed by atoms with van der Waals surface area (Å²) in [4.78, 5) is 4.16. The van der Waals surface area contributed by atoms with E-state index in [1.165, 1.54) is 12.6 Å². The molecule has 10 heteroatoms. The van der Waals surface area contributed by atoms with Crippen molar-refractivity contribution in [2.75, 3.05) is 0 Å². The number of hydrogen-bond donors (Lipinski definition) is 0. The number of hydrogen-bond acceptors (Lipinski definition) is 8. The zero-order valence-corrected chi connectivity index (χ0v) is 14.9. The third-order valence-electron chi connectivity index (χ3n) is 3.98. The molecule has 0 atom stereocenters. The van der Waals surface area contributed by atoms with Crippen molar-refractivity contribution in [3.05, 3.63) is 36.1 Å². The zero-order valence-electron chi connectivity index (χ0n) is 14.9. The van der Waals surface area contributed by atoms with E-state index in [0.29, 0.717) is 28.9 Å². The fourth-order valence-electron chi connectivity index (χ4n) is 2.56. The minimum atomic E-state index is -0.179. The van der Waals surface area contributed by atoms with Gasteiger partial charge in [0.1, 0.15) is 19.2 Å². The van der Waals surface area contributed by atoms with E-state index in [9.17, 15) is 0 Å². The van der Waals surface area contributed by atoms with Crippen molar-refractivity contribution >= 4 is 5.65 Å². The van der Waals surface area contributed by atoms with Gasteiger partial charge >= 0.3 is 0 Å². The maximum absolute atomic E-state index is 5.86. The van der Waals surface area contributed by atoms with Gasteiger partial charge in [-0.2, -0.15) is 9.61 Å². The van der Waals surface area contributed by atoms with Crippen molar-refractivity contribution < 1.29 is 9.26 Å². The van der Waals surface area contributed by atoms with Crippen LogP contribution in [-0.4, -0.2) is 39.7 Å². The van der Waals surface area contributed by atoms with Crippen LogP contribution in [0.3, 0.4) is 0 Å². The summed E-state index contributed by atoms with van der Waals surface area (Å²) in [6, 6.07) is 3.59. The molecule has 0 unspecified atom stereocenters. The van der Waals surface area contributed by atoms with Crippen LogP contribution in [0.1, 0.15) is 32.2 Å². The van der Waals surface area contributed by atoms with E-state index in [1.54, 1.807) is 15.3 Å². The molecule has 0 aliphatic rings. The first-order valence-corrected chi connectivity index (χ1v) is 8.07. The number of aryl methyl sites for hydroxylation is 1. The monoisotopic (exact) mass is 354 g/mol. The number of nitrogens with zero attached hydrogens (tertiary/aromatic N) is 8. The van der Waals surface area contributed by atoms with Crippen molar-refractivity contribution in [2.45, 2.75) is 32.8 Å². The van der Waals surface area contributed by atoms with Crippen LogP contribution >= 0.6 is 0 Å². The lowest BCUT2D eigenvalue weighted by Crippen LogP contribution is -2.15. The van der Waals surface area contributed by atoms with Gasteiger partial charge in [-0.3, -0.25) is 4.68 Å². The second kappa shape index (κ2) is 5.90. The molecule has 0 amide bonds. The predicted octanol–water partition coefficient (Wildman–Crippen LogP) is 1.78. The molecule has 0 radical (unpaired) electrons. The van der Waals surface area contributed by atoms with Crippen LogP contribution in [0.25, 0.3) is 17.2 Å².